The standard InChI is InChI=1S/C9H15N3O4S2/c1-12(2)11-18(15,16)9-6-7(17(3,13)14)4-5-8(9)10/h4-6,11H,10H2,1-3H3. The van der Waals surface area contributed by atoms with Crippen LogP contribution in [-0.4, -0.2) is 42.2 Å². The van der Waals surface area contributed by atoms with Gasteiger partial charge in [0.1, 0.15) is 4.90 Å². The molecule has 1 aromatic rings. The van der Waals surface area contributed by atoms with Crippen molar-refractivity contribution in [1.29, 1.82) is 0 Å². The van der Waals surface area contributed by atoms with Crippen LogP contribution in [0.1, 0.15) is 0 Å². The van der Waals surface area contributed by atoms with Crippen molar-refractivity contribution in [2.75, 3.05) is 26.1 Å². The van der Waals surface area contributed by atoms with E-state index in [0.717, 1.165) is 12.3 Å². The second-order valence-corrected chi connectivity index (χ2v) is 7.61. The van der Waals surface area contributed by atoms with E-state index in [-0.39, 0.29) is 15.5 Å². The molecule has 0 aliphatic rings. The number of rotatable bonds is 4. The van der Waals surface area contributed by atoms with Gasteiger partial charge < -0.3 is 5.73 Å². The van der Waals surface area contributed by atoms with E-state index in [9.17, 15) is 16.8 Å². The fourth-order valence-corrected chi connectivity index (χ4v) is 3.23. The summed E-state index contributed by atoms with van der Waals surface area (Å²) in [5.41, 5.74) is 5.55. The Morgan fingerprint density at radius 1 is 1.17 bits per heavy atom. The SMILES string of the molecule is CN(C)NS(=O)(=O)c1cc(S(C)(=O)=O)ccc1N. The molecule has 0 fully saturated rings. The molecule has 0 radical (unpaired) electrons. The summed E-state index contributed by atoms with van der Waals surface area (Å²) < 4.78 is 46.6. The predicted octanol–water partition coefficient (Wildman–Crippen LogP) is -0.573. The van der Waals surface area contributed by atoms with Crippen LogP contribution >= 0.6 is 0 Å². The summed E-state index contributed by atoms with van der Waals surface area (Å²) >= 11 is 0. The van der Waals surface area contributed by atoms with Crippen LogP contribution in [0.5, 0.6) is 0 Å². The highest BCUT2D eigenvalue weighted by Crippen LogP contribution is 2.22. The van der Waals surface area contributed by atoms with Gasteiger partial charge in [-0.1, -0.05) is 0 Å². The Kier molecular flexibility index (Phi) is 4.01. The third kappa shape index (κ3) is 3.42. The van der Waals surface area contributed by atoms with Crippen LogP contribution < -0.4 is 10.6 Å². The molecule has 0 spiro atoms. The summed E-state index contributed by atoms with van der Waals surface area (Å²) in [5.74, 6) is 0. The highest BCUT2D eigenvalue weighted by molar-refractivity contribution is 7.91. The van der Waals surface area contributed by atoms with Gasteiger partial charge in [-0.2, -0.15) is 0 Å². The number of nitrogens with two attached hydrogens (primary N) is 1. The van der Waals surface area contributed by atoms with E-state index in [0.29, 0.717) is 0 Å². The number of nitrogens with one attached hydrogen (secondary N) is 1. The average molecular weight is 293 g/mol. The van der Waals surface area contributed by atoms with Crippen LogP contribution in [-0.2, 0) is 19.9 Å². The summed E-state index contributed by atoms with van der Waals surface area (Å²) in [4.78, 5) is 1.82. The van der Waals surface area contributed by atoms with E-state index in [1.807, 2.05) is 0 Å². The summed E-state index contributed by atoms with van der Waals surface area (Å²) in [5, 5.41) is 1.22. The van der Waals surface area contributed by atoms with Crippen molar-refractivity contribution in [1.82, 2.24) is 9.84 Å². The first-order valence-corrected chi connectivity index (χ1v) is 8.21. The van der Waals surface area contributed by atoms with Crippen molar-refractivity contribution in [2.24, 2.45) is 0 Å². The number of nitrogen functional groups attached to an aromatic ring is 1. The van der Waals surface area contributed by atoms with Gasteiger partial charge in [-0.15, -0.1) is 4.83 Å². The van der Waals surface area contributed by atoms with Crippen LogP contribution in [0.4, 0.5) is 5.69 Å². The van der Waals surface area contributed by atoms with Crippen LogP contribution in [0.3, 0.4) is 0 Å². The van der Waals surface area contributed by atoms with E-state index in [1.165, 1.54) is 31.2 Å². The number of hydrazine groups is 1. The number of sulfone groups is 1. The number of hydrogen-bond acceptors (Lipinski definition) is 6. The lowest BCUT2D eigenvalue weighted by molar-refractivity contribution is 0.364. The van der Waals surface area contributed by atoms with Crippen molar-refractivity contribution in [3.8, 4) is 0 Å². The highest BCUT2D eigenvalue weighted by atomic mass is 32.2. The number of sulfonamides is 1. The number of anilines is 1. The molecule has 1 aromatic carbocycles. The minimum absolute atomic E-state index is 0.0169. The molecule has 0 atom stereocenters. The molecular formula is C9H15N3O4S2. The second kappa shape index (κ2) is 4.84. The van der Waals surface area contributed by atoms with Gasteiger partial charge in [0.05, 0.1) is 10.6 Å². The van der Waals surface area contributed by atoms with Crippen LogP contribution in [0.25, 0.3) is 0 Å². The van der Waals surface area contributed by atoms with Crippen LogP contribution in [0.2, 0.25) is 0 Å². The number of benzene rings is 1. The Bertz CT molecular complexity index is 650. The van der Waals surface area contributed by atoms with Gasteiger partial charge in [-0.3, -0.25) is 0 Å². The minimum Gasteiger partial charge on any atom is -0.398 e. The molecule has 9 heteroatoms. The van der Waals surface area contributed by atoms with Crippen LogP contribution in [0.15, 0.2) is 28.0 Å². The first-order valence-electron chi connectivity index (χ1n) is 4.83. The third-order valence-electron chi connectivity index (χ3n) is 2.01. The molecule has 0 aliphatic carbocycles. The maximum absolute atomic E-state index is 11.9. The third-order valence-corrected chi connectivity index (χ3v) is 4.65. The van der Waals surface area contributed by atoms with Crippen molar-refractivity contribution in [2.45, 2.75) is 9.79 Å². The monoisotopic (exact) mass is 293 g/mol. The van der Waals surface area contributed by atoms with Gasteiger partial charge in [0.15, 0.2) is 9.84 Å². The second-order valence-electron chi connectivity index (χ2n) is 3.96. The highest BCUT2D eigenvalue weighted by Gasteiger charge is 2.20. The molecule has 18 heavy (non-hydrogen) atoms. The summed E-state index contributed by atoms with van der Waals surface area (Å²) in [6, 6.07) is 3.55. The molecule has 0 amide bonds. The zero-order valence-electron chi connectivity index (χ0n) is 10.2. The smallest absolute Gasteiger partial charge is 0.255 e. The van der Waals surface area contributed by atoms with E-state index >= 15 is 0 Å². The molecule has 3 N–H and O–H groups in total. The maximum atomic E-state index is 11.9. The molecule has 0 saturated carbocycles. The topological polar surface area (TPSA) is 110 Å². The largest absolute Gasteiger partial charge is 0.398 e. The molecular weight excluding hydrogens is 278 g/mol. The van der Waals surface area contributed by atoms with Crippen molar-refractivity contribution < 1.29 is 16.8 Å². The normalized spacial score (nSPS) is 12.9. The molecule has 0 aromatic heterocycles. The lowest BCUT2D eigenvalue weighted by Gasteiger charge is -2.14. The molecule has 0 bridgehead atoms. The summed E-state index contributed by atoms with van der Waals surface area (Å²) in [6.07, 6.45) is 0.994. The Balaban J connectivity index is 3.42. The predicted molar refractivity (Wildman–Crippen MR) is 68.0 cm³/mol. The molecule has 0 heterocycles. The lowest BCUT2D eigenvalue weighted by Crippen LogP contribution is -2.36. The van der Waals surface area contributed by atoms with Gasteiger partial charge in [-0.25, -0.2) is 21.8 Å². The maximum Gasteiger partial charge on any atom is 0.255 e. The zero-order valence-corrected chi connectivity index (χ0v) is 11.8. The number of hydrogen-bond donors (Lipinski definition) is 2. The minimum atomic E-state index is -3.89. The van der Waals surface area contributed by atoms with Crippen LogP contribution in [0, 0.1) is 0 Å². The molecule has 1 rings (SSSR count). The number of nitrogens with zero attached hydrogens (tertiary/aromatic N) is 1. The van der Waals surface area contributed by atoms with E-state index in [2.05, 4.69) is 4.83 Å². The fraction of sp³-hybridized carbons (Fsp3) is 0.333. The van der Waals surface area contributed by atoms with E-state index < -0.39 is 19.9 Å². The summed E-state index contributed by atoms with van der Waals surface area (Å²) in [6.45, 7) is 0. The van der Waals surface area contributed by atoms with Crippen molar-refractivity contribution in [3.05, 3.63) is 18.2 Å². The Hall–Kier alpha value is -1.16. The average Bonchev–Trinajstić information content (AvgIpc) is 2.13. The molecule has 102 valence electrons. The summed E-state index contributed by atoms with van der Waals surface area (Å²) in [7, 11) is -4.39. The Morgan fingerprint density at radius 2 is 1.72 bits per heavy atom. The van der Waals surface area contributed by atoms with E-state index in [1.54, 1.807) is 0 Å². The molecule has 0 unspecified atom stereocenters. The van der Waals surface area contributed by atoms with Gasteiger partial charge in [0, 0.05) is 20.4 Å². The van der Waals surface area contributed by atoms with E-state index in [4.69, 9.17) is 5.73 Å². The van der Waals surface area contributed by atoms with Crippen molar-refractivity contribution >= 4 is 25.5 Å². The van der Waals surface area contributed by atoms with Gasteiger partial charge in [-0.05, 0) is 18.2 Å². The molecule has 0 aliphatic heterocycles. The van der Waals surface area contributed by atoms with Gasteiger partial charge >= 0.3 is 0 Å². The lowest BCUT2D eigenvalue weighted by atomic mass is 10.3. The Labute approximate surface area is 107 Å². The first-order chi connectivity index (χ1) is 8.04. The van der Waals surface area contributed by atoms with Gasteiger partial charge in [0.2, 0.25) is 0 Å². The zero-order chi connectivity index (χ0) is 14.1. The molecule has 0 saturated heterocycles. The quantitative estimate of drug-likeness (QED) is 0.568. The van der Waals surface area contributed by atoms with Crippen molar-refractivity contribution in [3.63, 3.8) is 0 Å². The fourth-order valence-electron chi connectivity index (χ4n) is 1.27. The first kappa shape index (κ1) is 14.9. The Morgan fingerprint density at radius 3 is 2.17 bits per heavy atom. The van der Waals surface area contributed by atoms with Gasteiger partial charge in [0.25, 0.3) is 10.0 Å². The molecule has 7 nitrogen and oxygen atoms in total.